The SMILES string of the molecule is CCCOc1ccc(S(=O)(=O)N(CCN2CCCC2)C2CCCNC2)cc1. The van der Waals surface area contributed by atoms with Crippen LogP contribution >= 0.6 is 0 Å². The zero-order valence-corrected chi connectivity index (χ0v) is 17.2. The Morgan fingerprint density at radius 2 is 1.93 bits per heavy atom. The first-order valence-corrected chi connectivity index (χ1v) is 11.7. The van der Waals surface area contributed by atoms with E-state index in [1.165, 1.54) is 12.8 Å². The van der Waals surface area contributed by atoms with E-state index >= 15 is 0 Å². The third kappa shape index (κ3) is 5.44. The summed E-state index contributed by atoms with van der Waals surface area (Å²) in [6.07, 6.45) is 5.31. The fraction of sp³-hybridized carbons (Fsp3) is 0.700. The molecule has 1 aromatic rings. The molecule has 0 bridgehead atoms. The Balaban J connectivity index is 1.75. The number of sulfonamides is 1. The molecular weight excluding hydrogens is 362 g/mol. The number of hydrogen-bond acceptors (Lipinski definition) is 5. The van der Waals surface area contributed by atoms with Gasteiger partial charge in [-0.2, -0.15) is 4.31 Å². The van der Waals surface area contributed by atoms with Gasteiger partial charge < -0.3 is 15.0 Å². The van der Waals surface area contributed by atoms with Crippen LogP contribution in [0.3, 0.4) is 0 Å². The van der Waals surface area contributed by atoms with Crippen molar-refractivity contribution in [3.8, 4) is 5.75 Å². The van der Waals surface area contributed by atoms with Crippen molar-refractivity contribution < 1.29 is 13.2 Å². The van der Waals surface area contributed by atoms with E-state index in [1.807, 2.05) is 0 Å². The Morgan fingerprint density at radius 1 is 1.19 bits per heavy atom. The van der Waals surface area contributed by atoms with Gasteiger partial charge in [-0.3, -0.25) is 0 Å². The standard InChI is InChI=1S/C20H33N3O3S/c1-2-16-26-19-7-9-20(10-8-19)27(24,25)23(18-6-5-11-21-17-18)15-14-22-12-3-4-13-22/h7-10,18,21H,2-6,11-17H2,1H3. The molecule has 0 amide bonds. The second-order valence-electron chi connectivity index (χ2n) is 7.48. The van der Waals surface area contributed by atoms with Crippen LogP contribution in [0.2, 0.25) is 0 Å². The molecule has 0 saturated carbocycles. The maximum atomic E-state index is 13.4. The van der Waals surface area contributed by atoms with Crippen LogP contribution in [0.5, 0.6) is 5.75 Å². The number of ether oxygens (including phenoxy) is 1. The minimum Gasteiger partial charge on any atom is -0.494 e. The second kappa shape index (κ2) is 9.87. The van der Waals surface area contributed by atoms with Crippen LogP contribution in [0, 0.1) is 0 Å². The summed E-state index contributed by atoms with van der Waals surface area (Å²) in [7, 11) is -3.52. The predicted molar refractivity (Wildman–Crippen MR) is 108 cm³/mol. The van der Waals surface area contributed by atoms with Crippen LogP contribution in [-0.4, -0.2) is 69.5 Å². The topological polar surface area (TPSA) is 61.9 Å². The Hall–Kier alpha value is -1.15. The zero-order valence-electron chi connectivity index (χ0n) is 16.4. The molecule has 27 heavy (non-hydrogen) atoms. The summed E-state index contributed by atoms with van der Waals surface area (Å²) in [6, 6.07) is 6.92. The van der Waals surface area contributed by atoms with Gasteiger partial charge >= 0.3 is 0 Å². The van der Waals surface area contributed by atoms with Gasteiger partial charge in [-0.15, -0.1) is 0 Å². The molecule has 2 aliphatic heterocycles. The molecule has 0 aromatic heterocycles. The fourth-order valence-corrected chi connectivity index (χ4v) is 5.53. The Bertz CT molecular complexity index is 666. The number of nitrogens with zero attached hydrogens (tertiary/aromatic N) is 2. The van der Waals surface area contributed by atoms with Gasteiger partial charge in [-0.1, -0.05) is 6.92 Å². The summed E-state index contributed by atoms with van der Waals surface area (Å²) in [6.45, 7) is 7.94. The van der Waals surface area contributed by atoms with Crippen LogP contribution in [0.15, 0.2) is 29.2 Å². The lowest BCUT2D eigenvalue weighted by Crippen LogP contribution is -2.50. The highest BCUT2D eigenvalue weighted by Gasteiger charge is 2.32. The van der Waals surface area contributed by atoms with Crippen LogP contribution in [0.1, 0.15) is 39.0 Å². The molecule has 0 radical (unpaired) electrons. The Morgan fingerprint density at radius 3 is 2.56 bits per heavy atom. The van der Waals surface area contributed by atoms with E-state index in [2.05, 4.69) is 17.1 Å². The van der Waals surface area contributed by atoms with Crippen molar-refractivity contribution in [1.82, 2.24) is 14.5 Å². The highest BCUT2D eigenvalue weighted by molar-refractivity contribution is 7.89. The van der Waals surface area contributed by atoms with Crippen molar-refractivity contribution in [3.05, 3.63) is 24.3 Å². The van der Waals surface area contributed by atoms with Crippen LogP contribution in [-0.2, 0) is 10.0 Å². The average Bonchev–Trinajstić information content (AvgIpc) is 3.21. The molecule has 0 aliphatic carbocycles. The van der Waals surface area contributed by atoms with E-state index in [0.717, 1.165) is 57.7 Å². The summed E-state index contributed by atoms with van der Waals surface area (Å²) >= 11 is 0. The number of likely N-dealkylation sites (tertiary alicyclic amines) is 1. The van der Waals surface area contributed by atoms with Crippen molar-refractivity contribution in [2.45, 2.75) is 50.0 Å². The van der Waals surface area contributed by atoms with Gasteiger partial charge in [-0.05, 0) is 76.0 Å². The van der Waals surface area contributed by atoms with Gasteiger partial charge in [-0.25, -0.2) is 8.42 Å². The molecule has 2 fully saturated rings. The third-order valence-electron chi connectivity index (χ3n) is 5.42. The van der Waals surface area contributed by atoms with E-state index in [0.29, 0.717) is 18.0 Å². The number of nitrogens with one attached hydrogen (secondary N) is 1. The first kappa shape index (κ1) is 20.6. The molecule has 2 saturated heterocycles. The Labute approximate surface area is 163 Å². The zero-order chi connectivity index (χ0) is 19.1. The lowest BCUT2D eigenvalue weighted by Gasteiger charge is -2.34. The third-order valence-corrected chi connectivity index (χ3v) is 7.38. The van der Waals surface area contributed by atoms with Gasteiger partial charge in [0.05, 0.1) is 11.5 Å². The smallest absolute Gasteiger partial charge is 0.243 e. The maximum Gasteiger partial charge on any atom is 0.243 e. The summed E-state index contributed by atoms with van der Waals surface area (Å²) in [5, 5.41) is 3.36. The van der Waals surface area contributed by atoms with Crippen LogP contribution in [0.25, 0.3) is 0 Å². The summed E-state index contributed by atoms with van der Waals surface area (Å²) in [4.78, 5) is 2.74. The van der Waals surface area contributed by atoms with Gasteiger partial charge in [0.15, 0.2) is 0 Å². The molecule has 1 aromatic carbocycles. The van der Waals surface area contributed by atoms with E-state index in [4.69, 9.17) is 4.74 Å². The lowest BCUT2D eigenvalue weighted by molar-refractivity contribution is 0.231. The highest BCUT2D eigenvalue weighted by atomic mass is 32.2. The van der Waals surface area contributed by atoms with Crippen LogP contribution in [0.4, 0.5) is 0 Å². The largest absolute Gasteiger partial charge is 0.494 e. The number of hydrogen-bond donors (Lipinski definition) is 1. The molecule has 0 spiro atoms. The van der Waals surface area contributed by atoms with Gasteiger partial charge in [0.1, 0.15) is 5.75 Å². The number of benzene rings is 1. The first-order valence-electron chi connectivity index (χ1n) is 10.3. The molecule has 2 heterocycles. The van der Waals surface area contributed by atoms with Gasteiger partial charge in [0.2, 0.25) is 10.0 Å². The van der Waals surface area contributed by atoms with Crippen LogP contribution < -0.4 is 10.1 Å². The fourth-order valence-electron chi connectivity index (χ4n) is 3.89. The van der Waals surface area contributed by atoms with Crippen molar-refractivity contribution >= 4 is 10.0 Å². The number of piperidine rings is 1. The van der Waals surface area contributed by atoms with Crippen molar-refractivity contribution in [3.63, 3.8) is 0 Å². The maximum absolute atomic E-state index is 13.4. The van der Waals surface area contributed by atoms with Crippen molar-refractivity contribution in [2.24, 2.45) is 0 Å². The second-order valence-corrected chi connectivity index (χ2v) is 9.38. The number of rotatable bonds is 9. The minimum absolute atomic E-state index is 0.0300. The molecule has 1 N–H and O–H groups in total. The lowest BCUT2D eigenvalue weighted by atomic mass is 10.1. The van der Waals surface area contributed by atoms with Gasteiger partial charge in [0, 0.05) is 25.7 Å². The van der Waals surface area contributed by atoms with Crippen molar-refractivity contribution in [2.75, 3.05) is 45.9 Å². The molecule has 6 nitrogen and oxygen atoms in total. The van der Waals surface area contributed by atoms with Gasteiger partial charge in [0.25, 0.3) is 0 Å². The molecule has 3 rings (SSSR count). The molecule has 2 aliphatic rings. The summed E-state index contributed by atoms with van der Waals surface area (Å²) in [5.41, 5.74) is 0. The van der Waals surface area contributed by atoms with E-state index < -0.39 is 10.0 Å². The first-order chi connectivity index (χ1) is 13.1. The molecule has 1 unspecified atom stereocenters. The van der Waals surface area contributed by atoms with E-state index in [1.54, 1.807) is 28.6 Å². The van der Waals surface area contributed by atoms with E-state index in [9.17, 15) is 8.42 Å². The molecule has 7 heteroatoms. The average molecular weight is 396 g/mol. The highest BCUT2D eigenvalue weighted by Crippen LogP contribution is 2.24. The Kier molecular flexibility index (Phi) is 7.52. The monoisotopic (exact) mass is 395 g/mol. The molecular formula is C20H33N3O3S. The quantitative estimate of drug-likeness (QED) is 0.695. The normalized spacial score (nSPS) is 21.6. The van der Waals surface area contributed by atoms with E-state index in [-0.39, 0.29) is 6.04 Å². The van der Waals surface area contributed by atoms with Crippen molar-refractivity contribution in [1.29, 1.82) is 0 Å². The summed E-state index contributed by atoms with van der Waals surface area (Å²) < 4.78 is 34.1. The molecule has 152 valence electrons. The summed E-state index contributed by atoms with van der Waals surface area (Å²) in [5.74, 6) is 0.721. The predicted octanol–water partition coefficient (Wildman–Crippen LogP) is 2.31. The minimum atomic E-state index is -3.52. The molecule has 1 atom stereocenters.